The van der Waals surface area contributed by atoms with Gasteiger partial charge in [-0.2, -0.15) is 0 Å². The van der Waals surface area contributed by atoms with E-state index in [-0.39, 0.29) is 31.7 Å². The van der Waals surface area contributed by atoms with Crippen LogP contribution in [0.25, 0.3) is 0 Å². The van der Waals surface area contributed by atoms with Crippen LogP contribution in [-0.4, -0.2) is 48.9 Å². The van der Waals surface area contributed by atoms with E-state index in [2.05, 4.69) is 10.6 Å². The molecule has 2 heterocycles. The number of hydrogen-bond donors (Lipinski definition) is 3. The molecule has 168 valence electrons. The molecular formula is C21H21ClN4O5S. The second kappa shape index (κ2) is 9.58. The van der Waals surface area contributed by atoms with Gasteiger partial charge in [-0.05, 0) is 35.9 Å². The van der Waals surface area contributed by atoms with E-state index in [1.54, 1.807) is 35.2 Å². The second-order valence-electron chi connectivity index (χ2n) is 7.11. The summed E-state index contributed by atoms with van der Waals surface area (Å²) in [4.78, 5) is 39.8. The monoisotopic (exact) mass is 476 g/mol. The van der Waals surface area contributed by atoms with Gasteiger partial charge in [0.25, 0.3) is 5.91 Å². The molecular weight excluding hydrogens is 456 g/mol. The average Bonchev–Trinajstić information content (AvgIpc) is 3.21. The summed E-state index contributed by atoms with van der Waals surface area (Å²) >= 11 is 7.03. The number of anilines is 1. The van der Waals surface area contributed by atoms with Gasteiger partial charge in [-0.15, -0.1) is 23.4 Å². The molecule has 2 aromatic carbocycles. The average molecular weight is 477 g/mol. The third kappa shape index (κ3) is 4.71. The van der Waals surface area contributed by atoms with E-state index >= 15 is 0 Å². The van der Waals surface area contributed by atoms with Crippen molar-refractivity contribution in [2.45, 2.75) is 17.5 Å². The minimum absolute atomic E-state index is 0.145. The molecule has 0 bridgehead atoms. The van der Waals surface area contributed by atoms with Crippen LogP contribution in [0.4, 0.5) is 10.5 Å². The standard InChI is InChI=1S/C21H21ClN4O5S/c22-5-6-24-21(29)25-14-10-32-18-4-2-13(19(23)27)8-15(18)26(20(14)28)9-12-1-3-16-17(7-12)31-11-30-16/h1-4,7-8,14H,5-6,9-11H2,(H2,23,27)(H2,24,25,29)/t14-/m0/s1. The lowest BCUT2D eigenvalue weighted by Gasteiger charge is -2.26. The summed E-state index contributed by atoms with van der Waals surface area (Å²) in [6.45, 7) is 0.629. The van der Waals surface area contributed by atoms with Gasteiger partial charge >= 0.3 is 6.03 Å². The number of alkyl halides is 1. The quantitative estimate of drug-likeness (QED) is 0.548. The van der Waals surface area contributed by atoms with Gasteiger partial charge in [-0.25, -0.2) is 4.79 Å². The number of amides is 4. The van der Waals surface area contributed by atoms with Gasteiger partial charge in [0, 0.05) is 28.6 Å². The van der Waals surface area contributed by atoms with Crippen molar-refractivity contribution in [3.05, 3.63) is 47.5 Å². The van der Waals surface area contributed by atoms with Crippen molar-refractivity contribution < 1.29 is 23.9 Å². The molecule has 1 atom stereocenters. The van der Waals surface area contributed by atoms with E-state index in [1.807, 2.05) is 6.07 Å². The van der Waals surface area contributed by atoms with Crippen LogP contribution in [-0.2, 0) is 11.3 Å². The third-order valence-corrected chi connectivity index (χ3v) is 6.31. The zero-order valence-corrected chi connectivity index (χ0v) is 18.5. The molecule has 2 aliphatic heterocycles. The van der Waals surface area contributed by atoms with E-state index in [0.29, 0.717) is 28.5 Å². The highest BCUT2D eigenvalue weighted by molar-refractivity contribution is 7.99. The number of fused-ring (bicyclic) bond motifs is 2. The SMILES string of the molecule is NC(=O)c1ccc2c(c1)N(Cc1ccc3c(c1)OCO3)C(=O)[C@@H](NC(=O)NCCCl)CS2. The largest absolute Gasteiger partial charge is 0.454 e. The number of rotatable bonds is 6. The number of urea groups is 1. The predicted molar refractivity (Wildman–Crippen MR) is 120 cm³/mol. The van der Waals surface area contributed by atoms with Crippen LogP contribution < -0.4 is 30.7 Å². The zero-order chi connectivity index (χ0) is 22.7. The molecule has 0 saturated heterocycles. The van der Waals surface area contributed by atoms with Crippen molar-refractivity contribution in [2.24, 2.45) is 5.73 Å². The molecule has 32 heavy (non-hydrogen) atoms. The Morgan fingerprint density at radius 3 is 2.78 bits per heavy atom. The Bertz CT molecular complexity index is 1070. The highest BCUT2D eigenvalue weighted by Crippen LogP contribution is 2.38. The molecule has 11 heteroatoms. The summed E-state index contributed by atoms with van der Waals surface area (Å²) in [6, 6.07) is 9.16. The molecule has 4 amide bonds. The highest BCUT2D eigenvalue weighted by Gasteiger charge is 2.32. The minimum atomic E-state index is -0.784. The molecule has 2 aliphatic rings. The number of nitrogens with zero attached hydrogens (tertiary/aromatic N) is 1. The predicted octanol–water partition coefficient (Wildman–Crippen LogP) is 2.06. The Morgan fingerprint density at radius 1 is 1.19 bits per heavy atom. The normalized spacial score (nSPS) is 16.8. The number of hydrogen-bond acceptors (Lipinski definition) is 6. The summed E-state index contributed by atoms with van der Waals surface area (Å²) in [6.07, 6.45) is 0. The molecule has 4 N–H and O–H groups in total. The van der Waals surface area contributed by atoms with Gasteiger partial charge in [0.15, 0.2) is 11.5 Å². The van der Waals surface area contributed by atoms with Crippen molar-refractivity contribution in [3.8, 4) is 11.5 Å². The second-order valence-corrected chi connectivity index (χ2v) is 8.55. The molecule has 0 aromatic heterocycles. The zero-order valence-electron chi connectivity index (χ0n) is 16.9. The molecule has 0 aliphatic carbocycles. The third-order valence-electron chi connectivity index (χ3n) is 4.97. The van der Waals surface area contributed by atoms with Crippen LogP contribution in [0, 0.1) is 0 Å². The summed E-state index contributed by atoms with van der Waals surface area (Å²) in [5, 5.41) is 5.32. The summed E-state index contributed by atoms with van der Waals surface area (Å²) in [7, 11) is 0. The fourth-order valence-electron chi connectivity index (χ4n) is 3.41. The first-order valence-electron chi connectivity index (χ1n) is 9.83. The van der Waals surface area contributed by atoms with E-state index in [0.717, 1.165) is 10.5 Å². The van der Waals surface area contributed by atoms with Gasteiger partial charge in [0.2, 0.25) is 12.7 Å². The first-order chi connectivity index (χ1) is 15.5. The van der Waals surface area contributed by atoms with Gasteiger partial charge in [0.1, 0.15) is 6.04 Å². The Morgan fingerprint density at radius 2 is 2.00 bits per heavy atom. The maximum atomic E-state index is 13.5. The maximum Gasteiger partial charge on any atom is 0.315 e. The molecule has 0 fully saturated rings. The first kappa shape index (κ1) is 22.1. The summed E-state index contributed by atoms with van der Waals surface area (Å²) < 4.78 is 10.8. The van der Waals surface area contributed by atoms with E-state index in [9.17, 15) is 14.4 Å². The number of carbonyl (C=O) groups is 3. The number of nitrogens with one attached hydrogen (secondary N) is 2. The van der Waals surface area contributed by atoms with Crippen molar-refractivity contribution in [3.63, 3.8) is 0 Å². The number of ether oxygens (including phenoxy) is 2. The van der Waals surface area contributed by atoms with E-state index < -0.39 is 18.0 Å². The number of primary amides is 1. The fourth-order valence-corrected chi connectivity index (χ4v) is 4.56. The molecule has 9 nitrogen and oxygen atoms in total. The Balaban J connectivity index is 1.66. The van der Waals surface area contributed by atoms with Gasteiger partial charge in [-0.1, -0.05) is 6.07 Å². The van der Waals surface area contributed by atoms with Crippen molar-refractivity contribution in [1.29, 1.82) is 0 Å². The Kier molecular flexibility index (Phi) is 6.61. The smallest absolute Gasteiger partial charge is 0.315 e. The Labute approximate surface area is 193 Å². The van der Waals surface area contributed by atoms with Crippen molar-refractivity contribution in [1.82, 2.24) is 10.6 Å². The molecule has 0 spiro atoms. The lowest BCUT2D eigenvalue weighted by atomic mass is 10.1. The van der Waals surface area contributed by atoms with Gasteiger partial charge < -0.3 is 30.7 Å². The summed E-state index contributed by atoms with van der Waals surface area (Å²) in [5.41, 5.74) is 7.11. The van der Waals surface area contributed by atoms with Crippen molar-refractivity contribution >= 4 is 46.9 Å². The topological polar surface area (TPSA) is 123 Å². The van der Waals surface area contributed by atoms with Gasteiger partial charge in [0.05, 0.1) is 12.2 Å². The van der Waals surface area contributed by atoms with Gasteiger partial charge in [-0.3, -0.25) is 9.59 Å². The van der Waals surface area contributed by atoms with Crippen LogP contribution in [0.15, 0.2) is 41.3 Å². The van der Waals surface area contributed by atoms with E-state index in [4.69, 9.17) is 26.8 Å². The molecule has 4 rings (SSSR count). The molecule has 0 saturated carbocycles. The minimum Gasteiger partial charge on any atom is -0.454 e. The van der Waals surface area contributed by atoms with Crippen LogP contribution >= 0.6 is 23.4 Å². The number of thioether (sulfide) groups is 1. The summed E-state index contributed by atoms with van der Waals surface area (Å²) in [5.74, 6) is 0.925. The molecule has 0 unspecified atom stereocenters. The highest BCUT2D eigenvalue weighted by atomic mass is 35.5. The lowest BCUT2D eigenvalue weighted by Crippen LogP contribution is -2.52. The van der Waals surface area contributed by atoms with Crippen molar-refractivity contribution in [2.75, 3.05) is 29.9 Å². The Hall–Kier alpha value is -3.11. The molecule has 2 aromatic rings. The van der Waals surface area contributed by atoms with E-state index in [1.165, 1.54) is 11.8 Å². The van der Waals surface area contributed by atoms with Crippen LogP contribution in [0.3, 0.4) is 0 Å². The number of nitrogens with two attached hydrogens (primary N) is 1. The fraction of sp³-hybridized carbons (Fsp3) is 0.286. The van der Waals surface area contributed by atoms with Crippen LogP contribution in [0.1, 0.15) is 15.9 Å². The van der Waals surface area contributed by atoms with Crippen LogP contribution in [0.5, 0.6) is 11.5 Å². The lowest BCUT2D eigenvalue weighted by molar-refractivity contribution is -0.120. The number of benzene rings is 2. The number of carbonyl (C=O) groups excluding carboxylic acids is 3. The number of halogens is 1. The van der Waals surface area contributed by atoms with Crippen LogP contribution in [0.2, 0.25) is 0 Å². The molecule has 0 radical (unpaired) electrons. The first-order valence-corrected chi connectivity index (χ1v) is 11.3. The maximum absolute atomic E-state index is 13.5.